The Balaban J connectivity index is 1.60. The molecule has 2 aliphatic rings. The molecule has 0 saturated carbocycles. The quantitative estimate of drug-likeness (QED) is 0.780. The highest BCUT2D eigenvalue weighted by atomic mass is 16.5. The number of rotatable bonds is 6. The minimum absolute atomic E-state index is 0.230. The van der Waals surface area contributed by atoms with Gasteiger partial charge in [-0.05, 0) is 74.2 Å². The van der Waals surface area contributed by atoms with Crippen molar-refractivity contribution >= 4 is 5.91 Å². The number of hydrogen-bond acceptors (Lipinski definition) is 3. The van der Waals surface area contributed by atoms with Crippen molar-refractivity contribution in [3.8, 4) is 5.75 Å². The molecule has 3 rings (SSSR count). The molecule has 0 radical (unpaired) electrons. The number of ether oxygens (including phenoxy) is 1. The third-order valence-corrected chi connectivity index (χ3v) is 6.20. The van der Waals surface area contributed by atoms with Crippen molar-refractivity contribution < 1.29 is 9.53 Å². The third-order valence-electron chi connectivity index (χ3n) is 6.20. The van der Waals surface area contributed by atoms with E-state index in [2.05, 4.69) is 30.0 Å². The Morgan fingerprint density at radius 2 is 2.00 bits per heavy atom. The van der Waals surface area contributed by atoms with Crippen LogP contribution in [0.2, 0.25) is 0 Å². The van der Waals surface area contributed by atoms with Crippen LogP contribution in [0.1, 0.15) is 50.7 Å². The molecule has 1 saturated heterocycles. The first kappa shape index (κ1) is 19.2. The lowest BCUT2D eigenvalue weighted by molar-refractivity contribution is -0.130. The molecular formula is C22H34N2O2. The summed E-state index contributed by atoms with van der Waals surface area (Å²) in [6, 6.07) is 7.23. The molecule has 4 heteroatoms. The van der Waals surface area contributed by atoms with Gasteiger partial charge in [-0.15, -0.1) is 0 Å². The van der Waals surface area contributed by atoms with E-state index < -0.39 is 0 Å². The van der Waals surface area contributed by atoms with Gasteiger partial charge in [-0.25, -0.2) is 0 Å². The molecule has 1 amide bonds. The van der Waals surface area contributed by atoms with E-state index in [-0.39, 0.29) is 5.91 Å². The van der Waals surface area contributed by atoms with Crippen LogP contribution in [0.4, 0.5) is 0 Å². The average molecular weight is 359 g/mol. The average Bonchev–Trinajstić information content (AvgIpc) is 2.67. The Labute approximate surface area is 158 Å². The first-order valence-electron chi connectivity index (χ1n) is 10.3. The Morgan fingerprint density at radius 1 is 1.23 bits per heavy atom. The lowest BCUT2D eigenvalue weighted by Gasteiger charge is -2.39. The zero-order valence-corrected chi connectivity index (χ0v) is 16.7. The molecule has 26 heavy (non-hydrogen) atoms. The van der Waals surface area contributed by atoms with E-state index in [9.17, 15) is 4.79 Å². The van der Waals surface area contributed by atoms with Crippen LogP contribution in [-0.4, -0.2) is 55.0 Å². The first-order valence-corrected chi connectivity index (χ1v) is 10.3. The minimum atomic E-state index is 0.230. The molecule has 1 atom stereocenters. The topological polar surface area (TPSA) is 32.8 Å². The SMILES string of the molecule is CCCN(CC1CCN(C(C)=O)CC1)C1CCc2cc(OC)ccc2C1. The molecule has 0 spiro atoms. The highest BCUT2D eigenvalue weighted by molar-refractivity contribution is 5.73. The number of methoxy groups -OCH3 is 1. The number of aryl methyl sites for hydroxylation is 1. The molecule has 1 aliphatic carbocycles. The van der Waals surface area contributed by atoms with Gasteiger partial charge >= 0.3 is 0 Å². The second kappa shape index (κ2) is 8.90. The van der Waals surface area contributed by atoms with Gasteiger partial charge in [0, 0.05) is 32.6 Å². The van der Waals surface area contributed by atoms with Crippen molar-refractivity contribution in [1.29, 1.82) is 0 Å². The van der Waals surface area contributed by atoms with Crippen LogP contribution in [0.5, 0.6) is 5.75 Å². The van der Waals surface area contributed by atoms with Gasteiger partial charge in [0.1, 0.15) is 5.75 Å². The van der Waals surface area contributed by atoms with Crippen LogP contribution in [0, 0.1) is 5.92 Å². The van der Waals surface area contributed by atoms with E-state index in [1.54, 1.807) is 14.0 Å². The van der Waals surface area contributed by atoms with Crippen LogP contribution in [0.3, 0.4) is 0 Å². The fourth-order valence-corrected chi connectivity index (χ4v) is 4.62. The lowest BCUT2D eigenvalue weighted by Crippen LogP contribution is -2.45. The van der Waals surface area contributed by atoms with Crippen molar-refractivity contribution in [3.63, 3.8) is 0 Å². The van der Waals surface area contributed by atoms with Crippen molar-refractivity contribution in [2.75, 3.05) is 33.3 Å². The summed E-state index contributed by atoms with van der Waals surface area (Å²) in [5.74, 6) is 1.94. The van der Waals surface area contributed by atoms with Crippen molar-refractivity contribution in [3.05, 3.63) is 29.3 Å². The van der Waals surface area contributed by atoms with Gasteiger partial charge in [0.15, 0.2) is 0 Å². The summed E-state index contributed by atoms with van der Waals surface area (Å²) >= 11 is 0. The highest BCUT2D eigenvalue weighted by Gasteiger charge is 2.28. The monoisotopic (exact) mass is 358 g/mol. The van der Waals surface area contributed by atoms with Crippen LogP contribution < -0.4 is 4.74 Å². The third kappa shape index (κ3) is 4.59. The smallest absolute Gasteiger partial charge is 0.219 e. The zero-order valence-electron chi connectivity index (χ0n) is 16.7. The summed E-state index contributed by atoms with van der Waals surface area (Å²) in [6.07, 6.45) is 7.07. The number of piperidine rings is 1. The van der Waals surface area contributed by atoms with Gasteiger partial charge in [0.05, 0.1) is 7.11 Å². The summed E-state index contributed by atoms with van der Waals surface area (Å²) in [5.41, 5.74) is 2.96. The van der Waals surface area contributed by atoms with Crippen molar-refractivity contribution in [1.82, 2.24) is 9.80 Å². The van der Waals surface area contributed by atoms with Gasteiger partial charge in [-0.1, -0.05) is 13.0 Å². The molecule has 1 heterocycles. The maximum Gasteiger partial charge on any atom is 0.219 e. The van der Waals surface area contributed by atoms with Gasteiger partial charge in [0.2, 0.25) is 5.91 Å². The van der Waals surface area contributed by atoms with Crippen LogP contribution in [-0.2, 0) is 17.6 Å². The minimum Gasteiger partial charge on any atom is -0.497 e. The van der Waals surface area contributed by atoms with Crippen LogP contribution in [0.25, 0.3) is 0 Å². The van der Waals surface area contributed by atoms with E-state index in [0.29, 0.717) is 6.04 Å². The zero-order chi connectivity index (χ0) is 18.5. The van der Waals surface area contributed by atoms with E-state index in [1.807, 2.05) is 4.90 Å². The molecule has 0 bridgehead atoms. The second-order valence-corrected chi connectivity index (χ2v) is 7.98. The van der Waals surface area contributed by atoms with E-state index in [1.165, 1.54) is 37.1 Å². The summed E-state index contributed by atoms with van der Waals surface area (Å²) in [6.45, 7) is 8.23. The van der Waals surface area contributed by atoms with Gasteiger partial charge in [-0.3, -0.25) is 9.69 Å². The van der Waals surface area contributed by atoms with E-state index in [4.69, 9.17) is 4.74 Å². The summed E-state index contributed by atoms with van der Waals surface area (Å²) in [7, 11) is 1.74. The molecule has 144 valence electrons. The highest BCUT2D eigenvalue weighted by Crippen LogP contribution is 2.29. The Hall–Kier alpha value is -1.55. The number of carbonyl (C=O) groups is 1. The number of amides is 1. The first-order chi connectivity index (χ1) is 12.6. The van der Waals surface area contributed by atoms with E-state index in [0.717, 1.165) is 50.4 Å². The summed E-state index contributed by atoms with van der Waals surface area (Å²) in [4.78, 5) is 16.3. The molecule has 1 aromatic carbocycles. The summed E-state index contributed by atoms with van der Waals surface area (Å²) in [5, 5.41) is 0. The predicted molar refractivity (Wildman–Crippen MR) is 106 cm³/mol. The Bertz CT molecular complexity index is 608. The molecule has 4 nitrogen and oxygen atoms in total. The largest absolute Gasteiger partial charge is 0.497 e. The number of benzene rings is 1. The number of fused-ring (bicyclic) bond motifs is 1. The molecule has 1 fully saturated rings. The van der Waals surface area contributed by atoms with Gasteiger partial charge in [-0.2, -0.15) is 0 Å². The summed E-state index contributed by atoms with van der Waals surface area (Å²) < 4.78 is 5.38. The van der Waals surface area contributed by atoms with Gasteiger partial charge < -0.3 is 9.64 Å². The molecular weight excluding hydrogens is 324 g/mol. The second-order valence-electron chi connectivity index (χ2n) is 7.98. The standard InChI is InChI=1S/C22H34N2O2/c1-4-11-24(16-18-9-12-23(13-10-18)17(2)25)21-7-5-20-15-22(26-3)8-6-19(20)14-21/h6,8,15,18,21H,4-5,7,9-14,16H2,1-3H3. The number of hydrogen-bond donors (Lipinski definition) is 0. The molecule has 0 aromatic heterocycles. The van der Waals surface area contributed by atoms with Crippen LogP contribution in [0.15, 0.2) is 18.2 Å². The Morgan fingerprint density at radius 3 is 2.65 bits per heavy atom. The molecule has 1 unspecified atom stereocenters. The Kier molecular flexibility index (Phi) is 6.58. The molecule has 1 aromatic rings. The van der Waals surface area contributed by atoms with Gasteiger partial charge in [0.25, 0.3) is 0 Å². The number of carbonyl (C=O) groups excluding carboxylic acids is 1. The molecule has 1 aliphatic heterocycles. The van der Waals surface area contributed by atoms with Crippen LogP contribution >= 0.6 is 0 Å². The van der Waals surface area contributed by atoms with Crippen molar-refractivity contribution in [2.45, 2.75) is 58.4 Å². The maximum atomic E-state index is 11.5. The predicted octanol–water partition coefficient (Wildman–Crippen LogP) is 3.52. The van der Waals surface area contributed by atoms with E-state index >= 15 is 0 Å². The number of likely N-dealkylation sites (tertiary alicyclic amines) is 1. The normalized spacial score (nSPS) is 20.9. The fraction of sp³-hybridized carbons (Fsp3) is 0.682. The number of nitrogens with zero attached hydrogens (tertiary/aromatic N) is 2. The fourth-order valence-electron chi connectivity index (χ4n) is 4.62. The molecule has 0 N–H and O–H groups in total. The van der Waals surface area contributed by atoms with Crippen molar-refractivity contribution in [2.24, 2.45) is 5.92 Å². The maximum absolute atomic E-state index is 11.5. The lowest BCUT2D eigenvalue weighted by atomic mass is 9.86.